The van der Waals surface area contributed by atoms with Gasteiger partial charge in [-0.3, -0.25) is 0 Å². The molecule has 12 heavy (non-hydrogen) atoms. The Labute approximate surface area is 80.3 Å². The fraction of sp³-hybridized carbons (Fsp3) is 0.625. The van der Waals surface area contributed by atoms with Gasteiger partial charge in [0.15, 0.2) is 0 Å². The molecule has 0 fully saturated rings. The summed E-state index contributed by atoms with van der Waals surface area (Å²) < 4.78 is 3.36. The van der Waals surface area contributed by atoms with Crippen LogP contribution in [0.4, 0.5) is 0 Å². The summed E-state index contributed by atoms with van der Waals surface area (Å²) >= 11 is 3.54. The molecule has 1 atom stereocenters. The maximum Gasteiger partial charge on any atom is 0.126 e. The monoisotopic (exact) mass is 229 g/mol. The molecule has 1 aliphatic heterocycles. The zero-order chi connectivity index (χ0) is 8.72. The molecule has 0 saturated carbocycles. The van der Waals surface area contributed by atoms with Crippen LogP contribution in [0.25, 0.3) is 0 Å². The summed E-state index contributed by atoms with van der Waals surface area (Å²) in [5.41, 5.74) is 1.08. The summed E-state index contributed by atoms with van der Waals surface area (Å²) in [7, 11) is 0. The van der Waals surface area contributed by atoms with Gasteiger partial charge in [0.25, 0.3) is 0 Å². The topological polar surface area (TPSA) is 29.9 Å². The minimum atomic E-state index is 0.378. The van der Waals surface area contributed by atoms with E-state index in [1.165, 1.54) is 0 Å². The Morgan fingerprint density at radius 2 is 2.42 bits per heavy atom. The first-order valence-corrected chi connectivity index (χ1v) is 4.95. The van der Waals surface area contributed by atoms with Crippen LogP contribution >= 0.6 is 15.9 Å². The van der Waals surface area contributed by atoms with Gasteiger partial charge in [0.1, 0.15) is 10.4 Å². The molecule has 1 N–H and O–H groups in total. The highest BCUT2D eigenvalue weighted by Crippen LogP contribution is 2.24. The molecule has 0 aromatic carbocycles. The van der Waals surface area contributed by atoms with Crippen LogP contribution in [0.2, 0.25) is 0 Å². The second kappa shape index (κ2) is 2.85. The first-order valence-electron chi connectivity index (χ1n) is 4.16. The van der Waals surface area contributed by atoms with E-state index in [1.807, 2.05) is 6.92 Å². The summed E-state index contributed by atoms with van der Waals surface area (Å²) in [4.78, 5) is 4.49. The molecule has 4 heteroatoms. The zero-order valence-corrected chi connectivity index (χ0v) is 8.85. The van der Waals surface area contributed by atoms with Crippen LogP contribution < -0.4 is 5.32 Å². The average Bonchev–Trinajstić information content (AvgIpc) is 2.32. The van der Waals surface area contributed by atoms with Crippen molar-refractivity contribution >= 4 is 15.9 Å². The minimum Gasteiger partial charge on any atom is -0.320 e. The molecule has 0 aliphatic carbocycles. The Hall–Kier alpha value is -0.350. The van der Waals surface area contributed by atoms with Gasteiger partial charge in [-0.1, -0.05) is 0 Å². The third-order valence-electron chi connectivity index (χ3n) is 2.27. The fourth-order valence-electron chi connectivity index (χ4n) is 1.60. The van der Waals surface area contributed by atoms with Gasteiger partial charge in [-0.05, 0) is 29.8 Å². The molecule has 0 amide bonds. The number of fused-ring (bicyclic) bond motifs is 1. The molecule has 3 nitrogen and oxygen atoms in total. The third-order valence-corrected chi connectivity index (χ3v) is 3.27. The molecule has 66 valence electrons. The molecule has 0 bridgehead atoms. The van der Waals surface area contributed by atoms with E-state index in [1.54, 1.807) is 0 Å². The van der Waals surface area contributed by atoms with Crippen LogP contribution in [0.1, 0.15) is 24.5 Å². The van der Waals surface area contributed by atoms with E-state index in [4.69, 9.17) is 0 Å². The number of imidazole rings is 1. The second-order valence-corrected chi connectivity index (χ2v) is 3.92. The summed E-state index contributed by atoms with van der Waals surface area (Å²) in [6, 6.07) is 0.378. The molecule has 1 aromatic rings. The lowest BCUT2D eigenvalue weighted by atomic mass is 10.2. The third kappa shape index (κ3) is 1.10. The molecule has 2 rings (SSSR count). The molecule has 2 heterocycles. The number of nitrogens with zero attached hydrogens (tertiary/aromatic N) is 2. The summed E-state index contributed by atoms with van der Waals surface area (Å²) in [6.45, 7) is 6.22. The SMILES string of the molecule is Cc1nc2n(c1Br)CCN[C@@H]2C. The largest absolute Gasteiger partial charge is 0.320 e. The molecule has 0 spiro atoms. The predicted octanol–water partition coefficient (Wildman–Crippen LogP) is 1.62. The van der Waals surface area contributed by atoms with Crippen molar-refractivity contribution < 1.29 is 0 Å². The van der Waals surface area contributed by atoms with E-state index in [0.29, 0.717) is 6.04 Å². The number of nitrogens with one attached hydrogen (secondary N) is 1. The summed E-state index contributed by atoms with van der Waals surface area (Å²) in [5.74, 6) is 1.14. The Balaban J connectivity index is 2.52. The number of aryl methyl sites for hydroxylation is 1. The van der Waals surface area contributed by atoms with Gasteiger partial charge in [0.2, 0.25) is 0 Å². The first kappa shape index (κ1) is 8.26. The molecule has 1 aromatic heterocycles. The van der Waals surface area contributed by atoms with E-state index >= 15 is 0 Å². The smallest absolute Gasteiger partial charge is 0.126 e. The maximum absolute atomic E-state index is 4.49. The Bertz CT molecular complexity index is 305. The van der Waals surface area contributed by atoms with Crippen molar-refractivity contribution in [2.45, 2.75) is 26.4 Å². The lowest BCUT2D eigenvalue weighted by Crippen LogP contribution is -2.31. The van der Waals surface area contributed by atoms with Crippen molar-refractivity contribution in [3.05, 3.63) is 16.1 Å². The van der Waals surface area contributed by atoms with Crippen molar-refractivity contribution in [2.24, 2.45) is 0 Å². The van der Waals surface area contributed by atoms with Crippen LogP contribution in [0, 0.1) is 6.92 Å². The van der Waals surface area contributed by atoms with Gasteiger partial charge in [0, 0.05) is 13.1 Å². The Morgan fingerprint density at radius 1 is 1.67 bits per heavy atom. The number of halogens is 1. The summed E-state index contributed by atoms with van der Waals surface area (Å²) in [6.07, 6.45) is 0. The van der Waals surface area contributed by atoms with Gasteiger partial charge >= 0.3 is 0 Å². The van der Waals surface area contributed by atoms with E-state index in [0.717, 1.165) is 29.2 Å². The molecule has 0 saturated heterocycles. The molecular weight excluding hydrogens is 218 g/mol. The second-order valence-electron chi connectivity index (χ2n) is 3.17. The number of rotatable bonds is 0. The number of hydrogen-bond donors (Lipinski definition) is 1. The van der Waals surface area contributed by atoms with Crippen LogP contribution in [-0.4, -0.2) is 16.1 Å². The lowest BCUT2D eigenvalue weighted by molar-refractivity contribution is 0.433. The minimum absolute atomic E-state index is 0.378. The van der Waals surface area contributed by atoms with Crippen LogP contribution in [0.3, 0.4) is 0 Å². The normalized spacial score (nSPS) is 22.4. The molecule has 0 unspecified atom stereocenters. The Morgan fingerprint density at radius 3 is 3.08 bits per heavy atom. The standard InChI is InChI=1S/C8H12BrN3/c1-5-7(9)12-4-3-10-6(2)8(12)11-5/h6,10H,3-4H2,1-2H3/t6-/m1/s1. The highest BCUT2D eigenvalue weighted by Gasteiger charge is 2.20. The van der Waals surface area contributed by atoms with Crippen LogP contribution in [0.5, 0.6) is 0 Å². The number of hydrogen-bond acceptors (Lipinski definition) is 2. The molecule has 0 radical (unpaired) electrons. The van der Waals surface area contributed by atoms with Crippen LogP contribution in [0.15, 0.2) is 4.60 Å². The van der Waals surface area contributed by atoms with Crippen molar-refractivity contribution in [2.75, 3.05) is 6.54 Å². The summed E-state index contributed by atoms with van der Waals surface area (Å²) in [5, 5.41) is 3.37. The molecular formula is C8H12BrN3. The highest BCUT2D eigenvalue weighted by molar-refractivity contribution is 9.10. The highest BCUT2D eigenvalue weighted by atomic mass is 79.9. The molecule has 1 aliphatic rings. The van der Waals surface area contributed by atoms with Crippen molar-refractivity contribution in [1.82, 2.24) is 14.9 Å². The zero-order valence-electron chi connectivity index (χ0n) is 7.26. The van der Waals surface area contributed by atoms with E-state index in [2.05, 4.69) is 37.7 Å². The van der Waals surface area contributed by atoms with Gasteiger partial charge < -0.3 is 9.88 Å². The quantitative estimate of drug-likeness (QED) is 0.733. The van der Waals surface area contributed by atoms with Gasteiger partial charge in [0.05, 0.1) is 11.7 Å². The van der Waals surface area contributed by atoms with Gasteiger partial charge in [-0.2, -0.15) is 0 Å². The van der Waals surface area contributed by atoms with Crippen molar-refractivity contribution in [1.29, 1.82) is 0 Å². The lowest BCUT2D eigenvalue weighted by Gasteiger charge is -2.21. The van der Waals surface area contributed by atoms with Crippen molar-refractivity contribution in [3.8, 4) is 0 Å². The van der Waals surface area contributed by atoms with Gasteiger partial charge in [-0.25, -0.2) is 4.98 Å². The maximum atomic E-state index is 4.49. The van der Waals surface area contributed by atoms with E-state index in [-0.39, 0.29) is 0 Å². The van der Waals surface area contributed by atoms with E-state index < -0.39 is 0 Å². The fourth-order valence-corrected chi connectivity index (χ4v) is 2.05. The number of aromatic nitrogens is 2. The predicted molar refractivity (Wildman–Crippen MR) is 51.1 cm³/mol. The first-order chi connectivity index (χ1) is 5.70. The average molecular weight is 230 g/mol. The Kier molecular flexibility index (Phi) is 1.96. The van der Waals surface area contributed by atoms with Crippen LogP contribution in [-0.2, 0) is 6.54 Å². The van der Waals surface area contributed by atoms with E-state index in [9.17, 15) is 0 Å². The van der Waals surface area contributed by atoms with Crippen molar-refractivity contribution in [3.63, 3.8) is 0 Å². The van der Waals surface area contributed by atoms with Gasteiger partial charge in [-0.15, -0.1) is 0 Å².